The summed E-state index contributed by atoms with van der Waals surface area (Å²) in [6, 6.07) is 62.3. The van der Waals surface area contributed by atoms with Crippen molar-refractivity contribution in [3.05, 3.63) is 216 Å². The maximum atomic E-state index is 14.7. The first-order valence-electron chi connectivity index (χ1n) is 19.0. The van der Waals surface area contributed by atoms with Gasteiger partial charge in [0.25, 0.3) is 0 Å². The SMILES string of the molecule is N=S1(=O)c2ccccc2-c2ccc(cc2)/C=C\c2ccc(cc2)-c2ccccc2S(=N)(=O)c2ccccc2-c2ccc(cc2)/C=C\c2ccc(cc2)-c2ccccc21. The van der Waals surface area contributed by atoms with E-state index < -0.39 is 19.5 Å². The van der Waals surface area contributed by atoms with Crippen molar-refractivity contribution in [1.29, 1.82) is 9.56 Å². The Morgan fingerprint density at radius 3 is 0.655 bits per heavy atom. The molecule has 2 N–H and O–H groups in total. The van der Waals surface area contributed by atoms with Crippen LogP contribution in [-0.2, 0) is 19.5 Å². The molecule has 0 atom stereocenters. The lowest BCUT2D eigenvalue weighted by Crippen LogP contribution is -2.04. The third-order valence-electron chi connectivity index (χ3n) is 10.6. The predicted octanol–water partition coefficient (Wildman–Crippen LogP) is 13.9. The summed E-state index contributed by atoms with van der Waals surface area (Å²) in [5.74, 6) is 0. The van der Waals surface area contributed by atoms with E-state index in [1.165, 1.54) is 0 Å². The Balaban J connectivity index is 1.16. The second-order valence-corrected chi connectivity index (χ2v) is 18.2. The van der Waals surface area contributed by atoms with Gasteiger partial charge in [-0.1, -0.05) is 194 Å². The summed E-state index contributed by atoms with van der Waals surface area (Å²) in [5.41, 5.74) is 10.5. The summed E-state index contributed by atoms with van der Waals surface area (Å²) in [6.07, 6.45) is 8.18. The molecule has 280 valence electrons. The molecule has 8 aromatic carbocycles. The zero-order valence-electron chi connectivity index (χ0n) is 31.4. The third-order valence-corrected chi connectivity index (χ3v) is 14.5. The van der Waals surface area contributed by atoms with Crippen LogP contribution in [-0.4, -0.2) is 8.42 Å². The van der Waals surface area contributed by atoms with E-state index in [9.17, 15) is 18.0 Å². The first kappa shape index (κ1) is 36.8. The van der Waals surface area contributed by atoms with Gasteiger partial charge >= 0.3 is 0 Å². The smallest absolute Gasteiger partial charge is 0.102 e. The number of nitrogens with one attached hydrogen (secondary N) is 2. The molecule has 0 aliphatic carbocycles. The average Bonchev–Trinajstić information content (AvgIpc) is 3.28. The second-order valence-electron chi connectivity index (χ2n) is 14.3. The maximum Gasteiger partial charge on any atom is 0.102 e. The highest BCUT2D eigenvalue weighted by Crippen LogP contribution is 2.39. The molecule has 6 heteroatoms. The van der Waals surface area contributed by atoms with Crippen molar-refractivity contribution in [2.45, 2.75) is 19.6 Å². The highest BCUT2D eigenvalue weighted by atomic mass is 32.2. The molecular formula is C52H38N2O2S2. The molecule has 7 heterocycles. The van der Waals surface area contributed by atoms with Crippen molar-refractivity contribution in [1.82, 2.24) is 0 Å². The molecule has 4 nitrogen and oxygen atoms in total. The fraction of sp³-hybridized carbons (Fsp3) is 0. The van der Waals surface area contributed by atoms with E-state index in [2.05, 4.69) is 0 Å². The molecule has 0 amide bonds. The van der Waals surface area contributed by atoms with Crippen LogP contribution >= 0.6 is 0 Å². The fourth-order valence-corrected chi connectivity index (χ4v) is 11.1. The molecule has 7 aliphatic heterocycles. The highest BCUT2D eigenvalue weighted by molar-refractivity contribution is 7.93. The lowest BCUT2D eigenvalue weighted by atomic mass is 10.0. The lowest BCUT2D eigenvalue weighted by molar-refractivity contribution is 0.674. The zero-order chi connectivity index (χ0) is 39.7. The topological polar surface area (TPSA) is 81.8 Å². The van der Waals surface area contributed by atoms with E-state index in [1.54, 1.807) is 0 Å². The van der Waals surface area contributed by atoms with Crippen LogP contribution < -0.4 is 0 Å². The number of benzene rings is 8. The number of hydrogen-bond donors (Lipinski definition) is 2. The minimum Gasteiger partial charge on any atom is -0.245 e. The fourth-order valence-electron chi connectivity index (χ4n) is 7.54. The van der Waals surface area contributed by atoms with Crippen molar-refractivity contribution in [3.63, 3.8) is 0 Å². The van der Waals surface area contributed by atoms with Gasteiger partial charge < -0.3 is 0 Å². The molecule has 0 saturated carbocycles. The molecule has 8 aromatic rings. The van der Waals surface area contributed by atoms with Crippen molar-refractivity contribution < 1.29 is 8.42 Å². The average molecular weight is 787 g/mol. The second kappa shape index (κ2) is 15.2. The molecule has 0 aromatic heterocycles. The standard InChI is InChI=1S/C52H38N2O2S2/c53-57(55)49-13-5-1-9-45(49)41-29-21-37(22-30-41)17-18-38-25-33-43(34-26-38)47-11-3-7-15-51(47)58(54,56)52-16-8-4-12-48(52)44-35-27-40(28-36-44)20-19-39-23-31-42(32-24-39)46-10-2-6-14-50(46)57/h1-36,53-54H/b18-17-,20-19-. The summed E-state index contributed by atoms with van der Waals surface area (Å²) in [5, 5.41) is 0. The summed E-state index contributed by atoms with van der Waals surface area (Å²) >= 11 is 0. The van der Waals surface area contributed by atoms with Crippen molar-refractivity contribution in [2.24, 2.45) is 0 Å². The monoisotopic (exact) mass is 786 g/mol. The van der Waals surface area contributed by atoms with Crippen LogP contribution in [0.1, 0.15) is 22.3 Å². The Morgan fingerprint density at radius 2 is 0.448 bits per heavy atom. The maximum absolute atomic E-state index is 14.7. The van der Waals surface area contributed by atoms with E-state index in [0.29, 0.717) is 19.6 Å². The Labute approximate surface area is 340 Å². The van der Waals surface area contributed by atoms with Crippen molar-refractivity contribution >= 4 is 43.8 Å². The van der Waals surface area contributed by atoms with Crippen LogP contribution in [0.15, 0.2) is 214 Å². The van der Waals surface area contributed by atoms with Crippen molar-refractivity contribution in [2.75, 3.05) is 0 Å². The zero-order valence-corrected chi connectivity index (χ0v) is 33.1. The van der Waals surface area contributed by atoms with E-state index in [-0.39, 0.29) is 0 Å². The molecule has 0 spiro atoms. The van der Waals surface area contributed by atoms with Crippen molar-refractivity contribution in [3.8, 4) is 44.5 Å². The molecule has 7 aliphatic rings. The van der Waals surface area contributed by atoms with E-state index in [4.69, 9.17) is 0 Å². The molecule has 0 fully saturated rings. The summed E-state index contributed by atoms with van der Waals surface area (Å²) in [4.78, 5) is 1.90. The van der Waals surface area contributed by atoms with Gasteiger partial charge in [0.1, 0.15) is 19.5 Å². The van der Waals surface area contributed by atoms with Crippen LogP contribution in [0.25, 0.3) is 68.8 Å². The van der Waals surface area contributed by atoms with Gasteiger partial charge in [-0.15, -0.1) is 0 Å². The minimum absolute atomic E-state index is 0.474. The summed E-state index contributed by atoms with van der Waals surface area (Å²) in [6.45, 7) is 0. The minimum atomic E-state index is -3.42. The molecule has 15 rings (SSSR count). The van der Waals surface area contributed by atoms with E-state index >= 15 is 0 Å². The first-order valence-corrected chi connectivity index (χ1v) is 22.1. The van der Waals surface area contributed by atoms with Crippen LogP contribution in [0.5, 0.6) is 0 Å². The van der Waals surface area contributed by atoms with Crippen LogP contribution in [0.2, 0.25) is 0 Å². The van der Waals surface area contributed by atoms with Crippen LogP contribution in [0.3, 0.4) is 0 Å². The van der Waals surface area contributed by atoms with Gasteiger partial charge in [-0.2, -0.15) is 0 Å². The molecular weight excluding hydrogens is 749 g/mol. The first-order chi connectivity index (χ1) is 28.3. The largest absolute Gasteiger partial charge is 0.245 e. The normalized spacial score (nSPS) is 18.3. The van der Waals surface area contributed by atoms with Gasteiger partial charge in [-0.05, 0) is 91.0 Å². The molecule has 8 bridgehead atoms. The summed E-state index contributed by atoms with van der Waals surface area (Å²) in [7, 11) is -6.83. The van der Waals surface area contributed by atoms with Gasteiger partial charge in [-0.3, -0.25) is 0 Å². The third kappa shape index (κ3) is 7.05. The Bertz CT molecular complexity index is 2680. The molecule has 0 radical (unpaired) electrons. The molecule has 0 saturated heterocycles. The highest BCUT2D eigenvalue weighted by Gasteiger charge is 2.23. The lowest BCUT2D eigenvalue weighted by Gasteiger charge is -2.17. The van der Waals surface area contributed by atoms with Gasteiger partial charge in [0.15, 0.2) is 0 Å². The Hall–Kier alpha value is -6.86. The Kier molecular flexibility index (Phi) is 9.66. The van der Waals surface area contributed by atoms with Crippen LogP contribution in [0.4, 0.5) is 0 Å². The van der Waals surface area contributed by atoms with E-state index in [1.807, 2.05) is 218 Å². The van der Waals surface area contributed by atoms with E-state index in [0.717, 1.165) is 66.8 Å². The predicted molar refractivity (Wildman–Crippen MR) is 240 cm³/mol. The molecule has 58 heavy (non-hydrogen) atoms. The Morgan fingerprint density at radius 1 is 0.259 bits per heavy atom. The van der Waals surface area contributed by atoms with Gasteiger partial charge in [0.05, 0.1) is 19.6 Å². The van der Waals surface area contributed by atoms with Gasteiger partial charge in [0.2, 0.25) is 0 Å². The number of hydrogen-bond acceptors (Lipinski definition) is 4. The number of rotatable bonds is 0. The van der Waals surface area contributed by atoms with Gasteiger partial charge in [-0.25, -0.2) is 18.0 Å². The van der Waals surface area contributed by atoms with Crippen LogP contribution in [0, 0.1) is 9.56 Å². The van der Waals surface area contributed by atoms with Gasteiger partial charge in [0, 0.05) is 0 Å². The summed E-state index contributed by atoms with van der Waals surface area (Å²) < 4.78 is 48.4. The molecule has 0 unspecified atom stereocenters. The quantitative estimate of drug-likeness (QED) is 0.160.